The zero-order valence-corrected chi connectivity index (χ0v) is 16.2. The molecule has 0 spiro atoms. The Morgan fingerprint density at radius 1 is 0.821 bits per heavy atom. The number of Topliss-reactive ketones (excluding diaryl/α,β-unsaturated/α-hetero) is 1. The molecule has 1 heteroatoms. The standard InChI is InChI=1S/C27H24O/c1-18(28)17-22-16-15-21-14-13-20-8-3-5-11-24(20)26(21)27(22)25-12-6-9-19-7-2-4-10-23(19)25/h2-14,22,27H,15-17H2,1H3/t22-,27+/m0/s1. The number of ketones is 1. The highest BCUT2D eigenvalue weighted by atomic mass is 16.1. The minimum absolute atomic E-state index is 0.254. The molecule has 0 aromatic heterocycles. The largest absolute Gasteiger partial charge is 0.300 e. The van der Waals surface area contributed by atoms with Crippen molar-refractivity contribution in [3.05, 3.63) is 95.6 Å². The van der Waals surface area contributed by atoms with Crippen molar-refractivity contribution in [3.63, 3.8) is 0 Å². The summed E-state index contributed by atoms with van der Waals surface area (Å²) in [5.74, 6) is 0.894. The fourth-order valence-electron chi connectivity index (χ4n) is 5.19. The van der Waals surface area contributed by atoms with E-state index < -0.39 is 0 Å². The predicted molar refractivity (Wildman–Crippen MR) is 117 cm³/mol. The lowest BCUT2D eigenvalue weighted by molar-refractivity contribution is -0.118. The summed E-state index contributed by atoms with van der Waals surface area (Å²) in [5.41, 5.74) is 4.24. The first kappa shape index (κ1) is 17.2. The zero-order chi connectivity index (χ0) is 19.1. The minimum Gasteiger partial charge on any atom is -0.300 e. The van der Waals surface area contributed by atoms with Crippen LogP contribution in [0, 0.1) is 5.92 Å². The maximum Gasteiger partial charge on any atom is 0.130 e. The van der Waals surface area contributed by atoms with Crippen LogP contribution in [0.1, 0.15) is 42.4 Å². The maximum absolute atomic E-state index is 12.1. The molecule has 0 fully saturated rings. The minimum atomic E-state index is 0.254. The third-order valence-electron chi connectivity index (χ3n) is 6.34. The van der Waals surface area contributed by atoms with Crippen molar-refractivity contribution in [3.8, 4) is 0 Å². The molecule has 0 saturated heterocycles. The van der Waals surface area contributed by atoms with Crippen molar-refractivity contribution in [1.29, 1.82) is 0 Å². The van der Waals surface area contributed by atoms with Crippen LogP contribution in [0.15, 0.2) is 78.9 Å². The van der Waals surface area contributed by atoms with Crippen LogP contribution in [-0.4, -0.2) is 5.78 Å². The van der Waals surface area contributed by atoms with Crippen LogP contribution in [0.25, 0.3) is 21.5 Å². The molecule has 138 valence electrons. The van der Waals surface area contributed by atoms with Crippen molar-refractivity contribution < 1.29 is 4.79 Å². The highest BCUT2D eigenvalue weighted by molar-refractivity contribution is 5.91. The van der Waals surface area contributed by atoms with Gasteiger partial charge in [-0.3, -0.25) is 0 Å². The molecule has 1 aliphatic carbocycles. The van der Waals surface area contributed by atoms with Gasteiger partial charge >= 0.3 is 0 Å². The second kappa shape index (κ2) is 6.91. The lowest BCUT2D eigenvalue weighted by Gasteiger charge is -2.35. The number of aryl methyl sites for hydroxylation is 1. The van der Waals surface area contributed by atoms with Crippen molar-refractivity contribution >= 4 is 27.3 Å². The summed E-state index contributed by atoms with van der Waals surface area (Å²) in [6.45, 7) is 1.73. The molecule has 2 atom stereocenters. The van der Waals surface area contributed by atoms with E-state index in [9.17, 15) is 4.79 Å². The molecule has 1 nitrogen and oxygen atoms in total. The Labute approximate surface area is 166 Å². The highest BCUT2D eigenvalue weighted by Gasteiger charge is 2.33. The van der Waals surface area contributed by atoms with Gasteiger partial charge in [-0.25, -0.2) is 0 Å². The van der Waals surface area contributed by atoms with Gasteiger partial charge in [0, 0.05) is 12.3 Å². The van der Waals surface area contributed by atoms with Crippen LogP contribution in [0.5, 0.6) is 0 Å². The first-order valence-corrected chi connectivity index (χ1v) is 10.2. The van der Waals surface area contributed by atoms with E-state index in [1.54, 1.807) is 6.92 Å². The SMILES string of the molecule is CC(=O)C[C@@H]1CCc2ccc3ccccc3c2[C@H]1c1cccc2ccccc12. The van der Waals surface area contributed by atoms with Gasteiger partial charge in [0.25, 0.3) is 0 Å². The van der Waals surface area contributed by atoms with Crippen LogP contribution >= 0.6 is 0 Å². The Bertz CT molecular complexity index is 1180. The monoisotopic (exact) mass is 364 g/mol. The molecule has 0 heterocycles. The fraction of sp³-hybridized carbons (Fsp3) is 0.222. The molecule has 5 rings (SSSR count). The normalized spacial score (nSPS) is 18.9. The van der Waals surface area contributed by atoms with E-state index in [0.717, 1.165) is 12.8 Å². The topological polar surface area (TPSA) is 17.1 Å². The molecular weight excluding hydrogens is 340 g/mol. The van der Waals surface area contributed by atoms with E-state index in [1.165, 1.54) is 38.2 Å². The number of fused-ring (bicyclic) bond motifs is 4. The average Bonchev–Trinajstić information content (AvgIpc) is 2.73. The molecule has 0 amide bonds. The maximum atomic E-state index is 12.1. The van der Waals surface area contributed by atoms with Crippen LogP contribution < -0.4 is 0 Å². The summed E-state index contributed by atoms with van der Waals surface area (Å²) < 4.78 is 0. The highest BCUT2D eigenvalue weighted by Crippen LogP contribution is 2.47. The first-order valence-electron chi connectivity index (χ1n) is 10.2. The van der Waals surface area contributed by atoms with E-state index in [1.807, 2.05) is 0 Å². The van der Waals surface area contributed by atoms with Crippen molar-refractivity contribution in [1.82, 2.24) is 0 Å². The Kier molecular flexibility index (Phi) is 4.24. The molecule has 28 heavy (non-hydrogen) atoms. The van der Waals surface area contributed by atoms with E-state index in [4.69, 9.17) is 0 Å². The zero-order valence-electron chi connectivity index (χ0n) is 16.2. The van der Waals surface area contributed by atoms with Crippen molar-refractivity contribution in [2.45, 2.75) is 32.1 Å². The van der Waals surface area contributed by atoms with E-state index >= 15 is 0 Å². The second-order valence-electron chi connectivity index (χ2n) is 8.11. The summed E-state index contributed by atoms with van der Waals surface area (Å²) in [7, 11) is 0. The molecular formula is C27H24O. The van der Waals surface area contributed by atoms with Crippen molar-refractivity contribution in [2.75, 3.05) is 0 Å². The van der Waals surface area contributed by atoms with Gasteiger partial charge in [0.05, 0.1) is 0 Å². The quantitative estimate of drug-likeness (QED) is 0.397. The summed E-state index contributed by atoms with van der Waals surface area (Å²) in [6, 6.07) is 28.5. The van der Waals surface area contributed by atoms with Gasteiger partial charge in [-0.2, -0.15) is 0 Å². The third-order valence-corrected chi connectivity index (χ3v) is 6.34. The van der Waals surface area contributed by atoms with E-state index in [0.29, 0.717) is 18.1 Å². The number of hydrogen-bond donors (Lipinski definition) is 0. The number of benzene rings is 4. The average molecular weight is 364 g/mol. The molecule has 4 aromatic rings. The van der Waals surface area contributed by atoms with Gasteiger partial charge < -0.3 is 4.79 Å². The molecule has 0 bridgehead atoms. The molecule has 0 unspecified atom stereocenters. The predicted octanol–water partition coefficient (Wildman–Crippen LogP) is 6.67. The Morgan fingerprint density at radius 3 is 2.29 bits per heavy atom. The molecule has 0 N–H and O–H groups in total. The lowest BCUT2D eigenvalue weighted by Crippen LogP contribution is -2.24. The third kappa shape index (κ3) is 2.82. The Morgan fingerprint density at radius 2 is 1.50 bits per heavy atom. The van der Waals surface area contributed by atoms with Gasteiger partial charge in [0.15, 0.2) is 0 Å². The van der Waals surface area contributed by atoms with Crippen LogP contribution in [0.4, 0.5) is 0 Å². The van der Waals surface area contributed by atoms with E-state index in [-0.39, 0.29) is 5.92 Å². The second-order valence-corrected chi connectivity index (χ2v) is 8.11. The molecule has 0 aliphatic heterocycles. The summed E-state index contributed by atoms with van der Waals surface area (Å²) in [6.07, 6.45) is 2.77. The lowest BCUT2D eigenvalue weighted by atomic mass is 9.68. The van der Waals surface area contributed by atoms with Crippen LogP contribution in [0.3, 0.4) is 0 Å². The van der Waals surface area contributed by atoms with Gasteiger partial charge in [-0.1, -0.05) is 78.9 Å². The molecule has 1 aliphatic rings. The number of carbonyl (C=O) groups excluding carboxylic acids is 1. The first-order chi connectivity index (χ1) is 13.7. The summed E-state index contributed by atoms with van der Waals surface area (Å²) in [4.78, 5) is 12.1. The molecule has 0 saturated carbocycles. The summed E-state index contributed by atoms with van der Waals surface area (Å²) >= 11 is 0. The van der Waals surface area contributed by atoms with Gasteiger partial charge in [-0.05, 0) is 63.9 Å². The van der Waals surface area contributed by atoms with Crippen LogP contribution in [0.2, 0.25) is 0 Å². The van der Waals surface area contributed by atoms with E-state index in [2.05, 4.69) is 78.9 Å². The Balaban J connectivity index is 1.82. The smallest absolute Gasteiger partial charge is 0.130 e. The van der Waals surface area contributed by atoms with Gasteiger partial charge in [0.1, 0.15) is 5.78 Å². The van der Waals surface area contributed by atoms with Gasteiger partial charge in [-0.15, -0.1) is 0 Å². The number of hydrogen-bond acceptors (Lipinski definition) is 1. The molecule has 0 radical (unpaired) electrons. The molecule has 4 aromatic carbocycles. The summed E-state index contributed by atoms with van der Waals surface area (Å²) in [5, 5.41) is 5.21. The Hall–Kier alpha value is -2.93. The van der Waals surface area contributed by atoms with Gasteiger partial charge in [0.2, 0.25) is 0 Å². The number of carbonyl (C=O) groups is 1. The van der Waals surface area contributed by atoms with Crippen LogP contribution in [-0.2, 0) is 11.2 Å². The van der Waals surface area contributed by atoms with Crippen molar-refractivity contribution in [2.24, 2.45) is 5.92 Å². The number of rotatable bonds is 3. The fourth-order valence-corrected chi connectivity index (χ4v) is 5.19.